The number of methoxy groups -OCH3 is 1. The summed E-state index contributed by atoms with van der Waals surface area (Å²) in [4.78, 5) is 14.2. The third kappa shape index (κ3) is 5.08. The molecule has 3 rings (SSSR count). The fourth-order valence-corrected chi connectivity index (χ4v) is 3.68. The molecule has 0 aliphatic carbocycles. The number of nitrogens with zero attached hydrogens (tertiary/aromatic N) is 1. The second-order valence-electron chi connectivity index (χ2n) is 7.19. The number of nitrogens with two attached hydrogens (primary N) is 1. The van der Waals surface area contributed by atoms with Crippen LogP contribution in [0.3, 0.4) is 0 Å². The fraction of sp³-hybridized carbons (Fsp3) is 0.227. The molecule has 0 saturated heterocycles. The van der Waals surface area contributed by atoms with Crippen LogP contribution in [-0.2, 0) is 16.6 Å². The van der Waals surface area contributed by atoms with Crippen LogP contribution in [0.25, 0.3) is 10.8 Å². The maximum Gasteiger partial charge on any atom is 0.317 e. The number of fused-ring (bicyclic) bond motifs is 1. The maximum absolute atomic E-state index is 12.6. The molecule has 30 heavy (non-hydrogen) atoms. The number of hydrogen-bond donors (Lipinski definition) is 2. The highest BCUT2D eigenvalue weighted by molar-refractivity contribution is 7.89. The van der Waals surface area contributed by atoms with Crippen molar-refractivity contribution >= 4 is 26.8 Å². The largest absolute Gasteiger partial charge is 0.497 e. The van der Waals surface area contributed by atoms with Gasteiger partial charge in [0.15, 0.2) is 0 Å². The highest BCUT2D eigenvalue weighted by Gasteiger charge is 2.15. The minimum absolute atomic E-state index is 0.0378. The number of carbonyl (C=O) groups excluding carboxylic acids is 1. The number of benzene rings is 3. The van der Waals surface area contributed by atoms with Crippen molar-refractivity contribution < 1.29 is 17.9 Å². The molecule has 3 aromatic rings. The van der Waals surface area contributed by atoms with Crippen LogP contribution in [0.2, 0.25) is 0 Å². The van der Waals surface area contributed by atoms with Gasteiger partial charge in [0, 0.05) is 13.6 Å². The van der Waals surface area contributed by atoms with Gasteiger partial charge in [-0.1, -0.05) is 30.3 Å². The molecular formula is C22H25N3O4S. The molecule has 8 heteroatoms. The summed E-state index contributed by atoms with van der Waals surface area (Å²) in [5, 5.41) is 10.2. The molecule has 0 fully saturated rings. The smallest absolute Gasteiger partial charge is 0.317 e. The zero-order valence-corrected chi connectivity index (χ0v) is 17.9. The molecule has 1 atom stereocenters. The molecular weight excluding hydrogens is 402 g/mol. The van der Waals surface area contributed by atoms with Crippen LogP contribution >= 0.6 is 0 Å². The van der Waals surface area contributed by atoms with Crippen molar-refractivity contribution in [3.05, 3.63) is 71.8 Å². The lowest BCUT2D eigenvalue weighted by Gasteiger charge is -2.22. The van der Waals surface area contributed by atoms with Gasteiger partial charge in [0.2, 0.25) is 10.0 Å². The van der Waals surface area contributed by atoms with E-state index in [0.29, 0.717) is 6.54 Å². The van der Waals surface area contributed by atoms with E-state index in [-0.39, 0.29) is 17.0 Å². The first-order valence-electron chi connectivity index (χ1n) is 9.38. The van der Waals surface area contributed by atoms with E-state index in [4.69, 9.17) is 9.88 Å². The molecule has 0 spiro atoms. The van der Waals surface area contributed by atoms with E-state index in [2.05, 4.69) is 5.32 Å². The van der Waals surface area contributed by atoms with Crippen molar-refractivity contribution in [2.24, 2.45) is 5.14 Å². The van der Waals surface area contributed by atoms with Crippen LogP contribution in [0.15, 0.2) is 65.6 Å². The van der Waals surface area contributed by atoms with Crippen molar-refractivity contribution in [3.8, 4) is 5.75 Å². The predicted octanol–water partition coefficient (Wildman–Crippen LogP) is 3.40. The Bertz CT molecular complexity index is 1160. The summed E-state index contributed by atoms with van der Waals surface area (Å²) >= 11 is 0. The topological polar surface area (TPSA) is 102 Å². The lowest BCUT2D eigenvalue weighted by atomic mass is 10.1. The Morgan fingerprint density at radius 3 is 2.33 bits per heavy atom. The Morgan fingerprint density at radius 1 is 1.07 bits per heavy atom. The minimum atomic E-state index is -3.74. The quantitative estimate of drug-likeness (QED) is 0.629. The van der Waals surface area contributed by atoms with E-state index in [0.717, 1.165) is 27.6 Å². The first-order valence-corrected chi connectivity index (χ1v) is 10.9. The number of nitrogens with one attached hydrogen (secondary N) is 1. The number of carbonyl (C=O) groups is 1. The molecule has 0 radical (unpaired) electrons. The summed E-state index contributed by atoms with van der Waals surface area (Å²) in [7, 11) is -0.375. The van der Waals surface area contributed by atoms with Gasteiger partial charge in [-0.15, -0.1) is 0 Å². The number of primary sulfonamides is 1. The Morgan fingerprint density at radius 2 is 1.70 bits per heavy atom. The van der Waals surface area contributed by atoms with Crippen LogP contribution in [0.5, 0.6) is 5.75 Å². The van der Waals surface area contributed by atoms with Crippen molar-refractivity contribution in [1.29, 1.82) is 0 Å². The third-order valence-corrected chi connectivity index (χ3v) is 5.86. The SMILES string of the molecule is COc1ccc2cc(CN(C)C(=O)N[C@@H](C)c3ccc(S(N)(=O)=O)cc3)ccc2c1. The number of sulfonamides is 1. The Labute approximate surface area is 176 Å². The van der Waals surface area contributed by atoms with Crippen LogP contribution in [0.1, 0.15) is 24.1 Å². The van der Waals surface area contributed by atoms with Gasteiger partial charge in [-0.2, -0.15) is 0 Å². The number of rotatable bonds is 6. The van der Waals surface area contributed by atoms with E-state index in [9.17, 15) is 13.2 Å². The minimum Gasteiger partial charge on any atom is -0.497 e. The first kappa shape index (κ1) is 21.6. The Balaban J connectivity index is 1.64. The maximum atomic E-state index is 12.6. The number of urea groups is 1. The Hall–Kier alpha value is -3.10. The van der Waals surface area contributed by atoms with Crippen molar-refractivity contribution in [2.75, 3.05) is 14.2 Å². The van der Waals surface area contributed by atoms with Gasteiger partial charge in [0.1, 0.15) is 5.75 Å². The molecule has 0 aromatic heterocycles. The van der Waals surface area contributed by atoms with E-state index < -0.39 is 10.0 Å². The Kier molecular flexibility index (Phi) is 6.28. The summed E-state index contributed by atoms with van der Waals surface area (Å²) in [6.07, 6.45) is 0. The second-order valence-corrected chi connectivity index (χ2v) is 8.75. The summed E-state index contributed by atoms with van der Waals surface area (Å²) in [5.41, 5.74) is 1.79. The van der Waals surface area contributed by atoms with Crippen molar-refractivity contribution in [3.63, 3.8) is 0 Å². The molecule has 2 amide bonds. The van der Waals surface area contributed by atoms with Gasteiger partial charge in [0.25, 0.3) is 0 Å². The average Bonchev–Trinajstić information content (AvgIpc) is 2.72. The molecule has 0 heterocycles. The highest BCUT2D eigenvalue weighted by Crippen LogP contribution is 2.22. The monoisotopic (exact) mass is 427 g/mol. The van der Waals surface area contributed by atoms with Crippen LogP contribution in [0, 0.1) is 0 Å². The molecule has 0 aliphatic rings. The van der Waals surface area contributed by atoms with Crippen molar-refractivity contribution in [1.82, 2.24) is 10.2 Å². The number of ether oxygens (including phenoxy) is 1. The van der Waals surface area contributed by atoms with E-state index in [1.165, 1.54) is 12.1 Å². The standard InChI is InChI=1S/C22H25N3O4S/c1-15(17-7-10-21(11-8-17)30(23,27)28)24-22(26)25(2)14-16-4-5-19-13-20(29-3)9-6-18(19)12-16/h4-13,15H,14H2,1-3H3,(H,24,26)(H2,23,27,28)/t15-/m0/s1. The molecule has 7 nitrogen and oxygen atoms in total. The molecule has 3 aromatic carbocycles. The molecule has 158 valence electrons. The third-order valence-electron chi connectivity index (χ3n) is 4.93. The second kappa shape index (κ2) is 8.73. The highest BCUT2D eigenvalue weighted by atomic mass is 32.2. The lowest BCUT2D eigenvalue weighted by Crippen LogP contribution is -2.38. The van der Waals surface area contributed by atoms with Gasteiger partial charge in [-0.05, 0) is 59.2 Å². The van der Waals surface area contributed by atoms with E-state index in [1.54, 1.807) is 31.2 Å². The van der Waals surface area contributed by atoms with Crippen LogP contribution in [0.4, 0.5) is 4.79 Å². The summed E-state index contributed by atoms with van der Waals surface area (Å²) in [5.74, 6) is 0.804. The van der Waals surface area contributed by atoms with Gasteiger partial charge in [0.05, 0.1) is 18.0 Å². The molecule has 0 unspecified atom stereocenters. The van der Waals surface area contributed by atoms with Crippen LogP contribution in [-0.4, -0.2) is 33.5 Å². The summed E-state index contributed by atoms with van der Waals surface area (Å²) in [6.45, 7) is 2.28. The van der Waals surface area contributed by atoms with Gasteiger partial charge >= 0.3 is 6.03 Å². The van der Waals surface area contributed by atoms with Gasteiger partial charge in [-0.25, -0.2) is 18.4 Å². The van der Waals surface area contributed by atoms with E-state index in [1.807, 2.05) is 43.3 Å². The zero-order valence-electron chi connectivity index (χ0n) is 17.1. The normalized spacial score (nSPS) is 12.4. The molecule has 3 N–H and O–H groups in total. The molecule has 0 saturated carbocycles. The van der Waals surface area contributed by atoms with Crippen LogP contribution < -0.4 is 15.2 Å². The van der Waals surface area contributed by atoms with E-state index >= 15 is 0 Å². The zero-order chi connectivity index (χ0) is 21.9. The number of amides is 2. The summed E-state index contributed by atoms with van der Waals surface area (Å²) < 4.78 is 28.0. The van der Waals surface area contributed by atoms with Crippen molar-refractivity contribution in [2.45, 2.75) is 24.4 Å². The fourth-order valence-electron chi connectivity index (χ4n) is 3.17. The molecule has 0 aliphatic heterocycles. The van der Waals surface area contributed by atoms with Gasteiger partial charge < -0.3 is 15.0 Å². The first-order chi connectivity index (χ1) is 14.2. The number of hydrogen-bond acceptors (Lipinski definition) is 4. The summed E-state index contributed by atoms with van der Waals surface area (Å²) in [6, 6.07) is 17.5. The average molecular weight is 428 g/mol. The predicted molar refractivity (Wildman–Crippen MR) is 117 cm³/mol. The van der Waals surface area contributed by atoms with Gasteiger partial charge in [-0.3, -0.25) is 0 Å². The molecule has 0 bridgehead atoms. The lowest BCUT2D eigenvalue weighted by molar-refractivity contribution is 0.203.